The van der Waals surface area contributed by atoms with E-state index in [9.17, 15) is 9.59 Å². The predicted molar refractivity (Wildman–Crippen MR) is 103 cm³/mol. The minimum atomic E-state index is -0.325. The molecule has 0 radical (unpaired) electrons. The summed E-state index contributed by atoms with van der Waals surface area (Å²) in [7, 11) is 0. The molecule has 0 saturated carbocycles. The Morgan fingerprint density at radius 1 is 1.35 bits per heavy atom. The van der Waals surface area contributed by atoms with E-state index in [1.807, 2.05) is 31.2 Å². The summed E-state index contributed by atoms with van der Waals surface area (Å²) in [5.41, 5.74) is 1.16. The van der Waals surface area contributed by atoms with Crippen LogP contribution in [0.5, 0.6) is 5.75 Å². The van der Waals surface area contributed by atoms with Gasteiger partial charge in [-0.1, -0.05) is 36.9 Å². The Hall–Kier alpha value is -2.54. The standard InChI is InChI=1S/C19H21N3O3S/c1-3-9-25-13-7-5-12(6-8-13)14-11-15(23)20-17-16(14)18(24)22-19(21-17)26-10-4-2/h4-8,14H,2-3,9-11H2,1H3,(H2,20,21,22,23,24)/t14-/m1/s1. The van der Waals surface area contributed by atoms with Crippen molar-refractivity contribution in [3.05, 3.63) is 58.4 Å². The van der Waals surface area contributed by atoms with Gasteiger partial charge in [-0.3, -0.25) is 9.59 Å². The van der Waals surface area contributed by atoms with Gasteiger partial charge in [0.15, 0.2) is 5.16 Å². The fourth-order valence-corrected chi connectivity index (χ4v) is 3.45. The summed E-state index contributed by atoms with van der Waals surface area (Å²) in [6.45, 7) is 6.36. The van der Waals surface area contributed by atoms with Gasteiger partial charge in [-0.2, -0.15) is 0 Å². The SMILES string of the molecule is C=CCSc1nc2c(c(=O)[nH]1)[C@@H](c1ccc(OCCC)cc1)CC(=O)N2. The van der Waals surface area contributed by atoms with Crippen molar-refractivity contribution in [2.45, 2.75) is 30.8 Å². The number of fused-ring (bicyclic) bond motifs is 1. The summed E-state index contributed by atoms with van der Waals surface area (Å²) >= 11 is 1.36. The highest BCUT2D eigenvalue weighted by atomic mass is 32.2. The van der Waals surface area contributed by atoms with Crippen LogP contribution in [-0.2, 0) is 4.79 Å². The highest BCUT2D eigenvalue weighted by Gasteiger charge is 2.30. The lowest BCUT2D eigenvalue weighted by atomic mass is 9.87. The Kier molecular flexibility index (Phi) is 5.78. The third kappa shape index (κ3) is 3.99. The molecule has 2 aromatic rings. The Morgan fingerprint density at radius 3 is 2.81 bits per heavy atom. The van der Waals surface area contributed by atoms with Gasteiger partial charge in [0.05, 0.1) is 12.2 Å². The second-order valence-electron chi connectivity index (χ2n) is 5.96. The van der Waals surface area contributed by atoms with E-state index < -0.39 is 0 Å². The number of aromatic nitrogens is 2. The molecular formula is C19H21N3O3S. The largest absolute Gasteiger partial charge is 0.494 e. The van der Waals surface area contributed by atoms with Gasteiger partial charge in [0.1, 0.15) is 11.6 Å². The maximum absolute atomic E-state index is 12.6. The van der Waals surface area contributed by atoms with E-state index in [-0.39, 0.29) is 23.8 Å². The number of hydrogen-bond acceptors (Lipinski definition) is 5. The summed E-state index contributed by atoms with van der Waals surface area (Å²) in [6, 6.07) is 7.54. The number of hydrogen-bond donors (Lipinski definition) is 2. The van der Waals surface area contributed by atoms with Gasteiger partial charge >= 0.3 is 0 Å². The molecule has 2 N–H and O–H groups in total. The van der Waals surface area contributed by atoms with Crippen LogP contribution in [0, 0.1) is 0 Å². The fourth-order valence-electron chi connectivity index (χ4n) is 2.86. The molecular weight excluding hydrogens is 350 g/mol. The van der Waals surface area contributed by atoms with Gasteiger partial charge in [-0.05, 0) is 24.1 Å². The second-order valence-corrected chi connectivity index (χ2v) is 6.96. The number of aromatic amines is 1. The maximum Gasteiger partial charge on any atom is 0.257 e. The van der Waals surface area contributed by atoms with E-state index in [4.69, 9.17) is 4.74 Å². The third-order valence-corrected chi connectivity index (χ3v) is 4.89. The number of anilines is 1. The molecule has 3 rings (SSSR count). The summed E-state index contributed by atoms with van der Waals surface area (Å²) in [6.07, 6.45) is 2.88. The van der Waals surface area contributed by atoms with Crippen molar-refractivity contribution in [2.75, 3.05) is 17.7 Å². The van der Waals surface area contributed by atoms with Crippen LogP contribution in [0.4, 0.5) is 5.82 Å². The van der Waals surface area contributed by atoms with Gasteiger partial charge in [-0.15, -0.1) is 6.58 Å². The number of ether oxygens (including phenoxy) is 1. The van der Waals surface area contributed by atoms with Gasteiger partial charge < -0.3 is 15.0 Å². The van der Waals surface area contributed by atoms with Crippen LogP contribution >= 0.6 is 11.8 Å². The van der Waals surface area contributed by atoms with Crippen molar-refractivity contribution >= 4 is 23.5 Å². The topological polar surface area (TPSA) is 84.1 Å². The van der Waals surface area contributed by atoms with Crippen LogP contribution in [0.15, 0.2) is 46.9 Å². The molecule has 0 fully saturated rings. The molecule has 1 aromatic heterocycles. The van der Waals surface area contributed by atoms with Gasteiger partial charge in [0, 0.05) is 18.1 Å². The minimum Gasteiger partial charge on any atom is -0.494 e. The Labute approximate surface area is 156 Å². The molecule has 1 atom stereocenters. The fraction of sp³-hybridized carbons (Fsp3) is 0.316. The molecule has 0 saturated heterocycles. The Bertz CT molecular complexity index is 861. The van der Waals surface area contributed by atoms with Crippen molar-refractivity contribution < 1.29 is 9.53 Å². The lowest BCUT2D eigenvalue weighted by Gasteiger charge is -2.24. The second kappa shape index (κ2) is 8.23. The van der Waals surface area contributed by atoms with E-state index in [0.29, 0.717) is 28.9 Å². The lowest BCUT2D eigenvalue weighted by molar-refractivity contribution is -0.116. The van der Waals surface area contributed by atoms with E-state index in [0.717, 1.165) is 17.7 Å². The summed E-state index contributed by atoms with van der Waals surface area (Å²) in [4.78, 5) is 32.0. The molecule has 2 heterocycles. The van der Waals surface area contributed by atoms with E-state index >= 15 is 0 Å². The smallest absolute Gasteiger partial charge is 0.257 e. The van der Waals surface area contributed by atoms with Gasteiger partial charge in [-0.25, -0.2) is 4.98 Å². The normalized spacial score (nSPS) is 15.9. The molecule has 0 bridgehead atoms. The van der Waals surface area contributed by atoms with Crippen LogP contribution in [0.2, 0.25) is 0 Å². The number of carbonyl (C=O) groups is 1. The van der Waals surface area contributed by atoms with Crippen molar-refractivity contribution in [2.24, 2.45) is 0 Å². The van der Waals surface area contributed by atoms with Crippen LogP contribution in [0.25, 0.3) is 0 Å². The highest BCUT2D eigenvalue weighted by Crippen LogP contribution is 2.35. The first kappa shape index (κ1) is 18.3. The van der Waals surface area contributed by atoms with Crippen molar-refractivity contribution in [1.29, 1.82) is 0 Å². The molecule has 1 amide bonds. The number of rotatable bonds is 7. The zero-order chi connectivity index (χ0) is 18.5. The van der Waals surface area contributed by atoms with Crippen molar-refractivity contribution in [3.63, 3.8) is 0 Å². The minimum absolute atomic E-state index is 0.147. The first-order valence-corrected chi connectivity index (χ1v) is 9.51. The molecule has 0 aliphatic carbocycles. The molecule has 26 heavy (non-hydrogen) atoms. The van der Waals surface area contributed by atoms with E-state index in [1.54, 1.807) is 6.08 Å². The number of benzene rings is 1. The highest BCUT2D eigenvalue weighted by molar-refractivity contribution is 7.99. The number of carbonyl (C=O) groups excluding carboxylic acids is 1. The van der Waals surface area contributed by atoms with Crippen LogP contribution in [0.1, 0.15) is 36.8 Å². The molecule has 0 spiro atoms. The average Bonchev–Trinajstić information content (AvgIpc) is 2.64. The number of nitrogens with one attached hydrogen (secondary N) is 2. The van der Waals surface area contributed by atoms with Crippen molar-refractivity contribution in [3.8, 4) is 5.75 Å². The molecule has 0 unspecified atom stereocenters. The number of thioether (sulfide) groups is 1. The Balaban J connectivity index is 1.94. The molecule has 7 heteroatoms. The van der Waals surface area contributed by atoms with Crippen molar-refractivity contribution in [1.82, 2.24) is 9.97 Å². The zero-order valence-corrected chi connectivity index (χ0v) is 15.4. The van der Waals surface area contributed by atoms with E-state index in [2.05, 4.69) is 21.9 Å². The molecule has 1 aromatic carbocycles. The number of H-pyrrole nitrogens is 1. The first-order valence-electron chi connectivity index (χ1n) is 8.53. The lowest BCUT2D eigenvalue weighted by Crippen LogP contribution is -2.31. The van der Waals surface area contributed by atoms with Gasteiger partial charge in [0.25, 0.3) is 5.56 Å². The maximum atomic E-state index is 12.6. The number of amides is 1. The summed E-state index contributed by atoms with van der Waals surface area (Å²) in [5, 5.41) is 3.19. The third-order valence-electron chi connectivity index (χ3n) is 4.02. The quantitative estimate of drug-likeness (QED) is 0.443. The first-order chi connectivity index (χ1) is 12.6. The van der Waals surface area contributed by atoms with Gasteiger partial charge in [0.2, 0.25) is 5.91 Å². The average molecular weight is 371 g/mol. The van der Waals surface area contributed by atoms with E-state index in [1.165, 1.54) is 11.8 Å². The molecule has 1 aliphatic rings. The Morgan fingerprint density at radius 2 is 2.12 bits per heavy atom. The van der Waals surface area contributed by atoms with Crippen LogP contribution < -0.4 is 15.6 Å². The van der Waals surface area contributed by atoms with Crippen LogP contribution in [-0.4, -0.2) is 28.2 Å². The molecule has 136 valence electrons. The monoisotopic (exact) mass is 371 g/mol. The van der Waals surface area contributed by atoms with Crippen LogP contribution in [0.3, 0.4) is 0 Å². The summed E-state index contributed by atoms with van der Waals surface area (Å²) < 4.78 is 5.59. The molecule has 1 aliphatic heterocycles. The molecule has 6 nitrogen and oxygen atoms in total. The summed E-state index contributed by atoms with van der Waals surface area (Å²) in [5.74, 6) is 1.27. The number of nitrogens with zero attached hydrogens (tertiary/aromatic N) is 1. The predicted octanol–water partition coefficient (Wildman–Crippen LogP) is 3.31. The zero-order valence-electron chi connectivity index (χ0n) is 14.6.